The number of anilines is 3. The molecule has 0 amide bonds. The van der Waals surface area contributed by atoms with Crippen molar-refractivity contribution in [3.05, 3.63) is 70.7 Å². The van der Waals surface area contributed by atoms with Gasteiger partial charge in [-0.05, 0) is 88.0 Å². The standard InChI is InChI=1S/C32H41N9O2S/c1-6-15-40-31(42)26-21-33-32(36-30(26)41(40)29-12-10-11-28(35-29)37-44(4,5)43)34-23-18-22-13-14-24(38(2)3)20-25(22)27(19-23)39-16-8-7-9-17-39/h6,10-12,18-19,21,24H,1,7-9,13-17,20H2,2-5H3,(H,33,34,36). The molecular formula is C32H41N9O2S. The van der Waals surface area contributed by atoms with E-state index in [0.29, 0.717) is 34.7 Å². The maximum atomic E-state index is 13.4. The van der Waals surface area contributed by atoms with Crippen molar-refractivity contribution in [3.63, 3.8) is 0 Å². The highest BCUT2D eigenvalue weighted by Gasteiger charge is 2.26. The molecule has 3 aromatic heterocycles. The Kier molecular flexibility index (Phi) is 8.30. The molecule has 12 heteroatoms. The van der Waals surface area contributed by atoms with E-state index in [4.69, 9.17) is 4.98 Å². The van der Waals surface area contributed by atoms with Gasteiger partial charge in [0.05, 0.1) is 6.54 Å². The molecule has 1 aliphatic carbocycles. The third kappa shape index (κ3) is 6.14. The summed E-state index contributed by atoms with van der Waals surface area (Å²) < 4.78 is 19.8. The van der Waals surface area contributed by atoms with Gasteiger partial charge in [0.2, 0.25) is 5.95 Å². The lowest BCUT2D eigenvalue weighted by Gasteiger charge is -2.36. The first-order valence-electron chi connectivity index (χ1n) is 15.2. The molecule has 232 valence electrons. The van der Waals surface area contributed by atoms with Gasteiger partial charge in [-0.3, -0.25) is 4.79 Å². The number of piperidine rings is 1. The van der Waals surface area contributed by atoms with Crippen LogP contribution in [0.15, 0.2) is 58.3 Å². The largest absolute Gasteiger partial charge is 0.371 e. The first-order valence-corrected chi connectivity index (χ1v) is 17.5. The molecular weight excluding hydrogens is 574 g/mol. The SMILES string of the molecule is C=CCn1c(=O)c2cnc(Nc3cc4c(c(N5CCCCC5)c3)CC(N(C)C)CC4)nc2n1-c1cccc(N=S(C)(C)=O)n1. The summed E-state index contributed by atoms with van der Waals surface area (Å²) in [7, 11) is 1.92. The molecule has 0 saturated carbocycles. The van der Waals surface area contributed by atoms with Crippen LogP contribution in [0.25, 0.3) is 16.9 Å². The van der Waals surface area contributed by atoms with Gasteiger partial charge in [-0.1, -0.05) is 12.1 Å². The van der Waals surface area contributed by atoms with E-state index in [0.717, 1.165) is 38.0 Å². The molecule has 1 saturated heterocycles. The number of pyridine rings is 1. The molecule has 4 heterocycles. The van der Waals surface area contributed by atoms with Gasteiger partial charge < -0.3 is 15.1 Å². The lowest BCUT2D eigenvalue weighted by atomic mass is 9.85. The normalized spacial score (nSPS) is 17.1. The maximum Gasteiger partial charge on any atom is 0.278 e. The van der Waals surface area contributed by atoms with Crippen LogP contribution in [0.2, 0.25) is 0 Å². The molecule has 4 aromatic rings. The minimum absolute atomic E-state index is 0.247. The Morgan fingerprint density at radius 3 is 2.68 bits per heavy atom. The van der Waals surface area contributed by atoms with Gasteiger partial charge in [0, 0.05) is 58.9 Å². The molecule has 6 rings (SSSR count). The van der Waals surface area contributed by atoms with E-state index in [2.05, 4.69) is 62.3 Å². The number of fused-ring (bicyclic) bond motifs is 2. The zero-order valence-electron chi connectivity index (χ0n) is 26.0. The number of nitrogens with one attached hydrogen (secondary N) is 1. The summed E-state index contributed by atoms with van der Waals surface area (Å²) in [6.07, 6.45) is 13.2. The van der Waals surface area contributed by atoms with E-state index < -0.39 is 9.73 Å². The van der Waals surface area contributed by atoms with Crippen molar-refractivity contribution in [1.29, 1.82) is 0 Å². The van der Waals surface area contributed by atoms with Crippen molar-refractivity contribution in [1.82, 2.24) is 29.2 Å². The van der Waals surface area contributed by atoms with Crippen molar-refractivity contribution in [2.45, 2.75) is 51.1 Å². The molecule has 1 fully saturated rings. The molecule has 0 spiro atoms. The Morgan fingerprint density at radius 2 is 1.95 bits per heavy atom. The zero-order valence-corrected chi connectivity index (χ0v) is 26.8. The van der Waals surface area contributed by atoms with Crippen molar-refractivity contribution < 1.29 is 4.21 Å². The second kappa shape index (κ2) is 12.2. The Hall–Kier alpha value is -4.03. The van der Waals surface area contributed by atoms with Crippen molar-refractivity contribution in [2.75, 3.05) is 49.9 Å². The van der Waals surface area contributed by atoms with Crippen LogP contribution >= 0.6 is 0 Å². The highest BCUT2D eigenvalue weighted by Crippen LogP contribution is 2.37. The molecule has 2 aliphatic rings. The molecule has 11 nitrogen and oxygen atoms in total. The van der Waals surface area contributed by atoms with Crippen LogP contribution in [-0.2, 0) is 29.1 Å². The van der Waals surface area contributed by atoms with Crippen LogP contribution in [0.3, 0.4) is 0 Å². The van der Waals surface area contributed by atoms with Crippen LogP contribution in [0.5, 0.6) is 0 Å². The van der Waals surface area contributed by atoms with Gasteiger partial charge in [0.1, 0.15) is 5.39 Å². The number of aryl methyl sites for hydroxylation is 1. The summed E-state index contributed by atoms with van der Waals surface area (Å²) in [6.45, 7) is 6.21. The van der Waals surface area contributed by atoms with Gasteiger partial charge in [-0.15, -0.1) is 6.58 Å². The van der Waals surface area contributed by atoms with E-state index >= 15 is 0 Å². The summed E-state index contributed by atoms with van der Waals surface area (Å²) >= 11 is 0. The highest BCUT2D eigenvalue weighted by molar-refractivity contribution is 7.92. The Balaban J connectivity index is 1.43. The monoisotopic (exact) mass is 615 g/mol. The number of nitrogens with zero attached hydrogens (tertiary/aromatic N) is 8. The van der Waals surface area contributed by atoms with Gasteiger partial charge in [-0.2, -0.15) is 9.35 Å². The minimum Gasteiger partial charge on any atom is -0.371 e. The Morgan fingerprint density at radius 1 is 1.16 bits per heavy atom. The number of rotatable bonds is 8. The van der Waals surface area contributed by atoms with Crippen LogP contribution in [-0.4, -0.2) is 79.2 Å². The van der Waals surface area contributed by atoms with Crippen LogP contribution in [0.1, 0.15) is 36.8 Å². The van der Waals surface area contributed by atoms with E-state index in [1.54, 1.807) is 47.7 Å². The smallest absolute Gasteiger partial charge is 0.278 e. The Bertz CT molecular complexity index is 1890. The summed E-state index contributed by atoms with van der Waals surface area (Å²) in [5.41, 5.74) is 5.23. The molecule has 1 atom stereocenters. The van der Waals surface area contributed by atoms with Crippen molar-refractivity contribution in [3.8, 4) is 5.82 Å². The number of benzene rings is 1. The average molecular weight is 616 g/mol. The third-order valence-corrected chi connectivity index (χ3v) is 9.04. The molecule has 44 heavy (non-hydrogen) atoms. The summed E-state index contributed by atoms with van der Waals surface area (Å²) in [6, 6.07) is 10.2. The first-order chi connectivity index (χ1) is 21.1. The number of likely N-dealkylation sites (N-methyl/N-ethyl adjacent to an activating group) is 1. The van der Waals surface area contributed by atoms with Crippen LogP contribution in [0, 0.1) is 0 Å². The molecule has 0 radical (unpaired) electrons. The van der Waals surface area contributed by atoms with Gasteiger partial charge in [0.25, 0.3) is 5.56 Å². The first kappa shape index (κ1) is 30.0. The lowest BCUT2D eigenvalue weighted by Crippen LogP contribution is -2.36. The van der Waals surface area contributed by atoms with E-state index in [1.165, 1.54) is 40.8 Å². The second-order valence-electron chi connectivity index (χ2n) is 12.2. The zero-order chi connectivity index (χ0) is 31.0. The number of hydrogen-bond donors (Lipinski definition) is 1. The van der Waals surface area contributed by atoms with Gasteiger partial charge >= 0.3 is 0 Å². The Labute approximate surface area is 258 Å². The molecule has 1 N–H and O–H groups in total. The quantitative estimate of drug-likeness (QED) is 0.285. The fraction of sp³-hybridized carbons (Fsp3) is 0.438. The van der Waals surface area contributed by atoms with Crippen molar-refractivity contribution in [2.24, 2.45) is 4.36 Å². The number of aromatic nitrogens is 5. The fourth-order valence-electron chi connectivity index (χ4n) is 6.31. The highest BCUT2D eigenvalue weighted by atomic mass is 32.2. The summed E-state index contributed by atoms with van der Waals surface area (Å²) in [4.78, 5) is 32.3. The fourth-order valence-corrected chi connectivity index (χ4v) is 6.86. The van der Waals surface area contributed by atoms with Crippen LogP contribution in [0.4, 0.5) is 23.1 Å². The third-order valence-electron chi connectivity index (χ3n) is 8.42. The van der Waals surface area contributed by atoms with Gasteiger partial charge in [0.15, 0.2) is 17.3 Å². The predicted molar refractivity (Wildman–Crippen MR) is 178 cm³/mol. The minimum atomic E-state index is -2.42. The summed E-state index contributed by atoms with van der Waals surface area (Å²) in [5, 5.41) is 3.83. The molecule has 1 aromatic carbocycles. The number of allylic oxidation sites excluding steroid dienone is 1. The topological polar surface area (TPSA) is 114 Å². The van der Waals surface area contributed by atoms with E-state index in [-0.39, 0.29) is 12.1 Å². The van der Waals surface area contributed by atoms with Crippen molar-refractivity contribution >= 4 is 43.9 Å². The maximum absolute atomic E-state index is 13.4. The molecule has 1 aliphatic heterocycles. The van der Waals surface area contributed by atoms with Gasteiger partial charge in [-0.25, -0.2) is 23.5 Å². The molecule has 0 bridgehead atoms. The molecule has 1 unspecified atom stereocenters. The lowest BCUT2D eigenvalue weighted by molar-refractivity contribution is 0.268. The second-order valence-corrected chi connectivity index (χ2v) is 14.8. The van der Waals surface area contributed by atoms with E-state index in [9.17, 15) is 9.00 Å². The predicted octanol–water partition coefficient (Wildman–Crippen LogP) is 4.68. The number of hydrogen-bond acceptors (Lipinski definition) is 9. The summed E-state index contributed by atoms with van der Waals surface area (Å²) in [5.74, 6) is 1.14. The van der Waals surface area contributed by atoms with E-state index in [1.807, 2.05) is 0 Å². The average Bonchev–Trinajstić information content (AvgIpc) is 3.26. The van der Waals surface area contributed by atoms with Crippen LogP contribution < -0.4 is 15.8 Å².